The maximum absolute atomic E-state index is 13.6. The first-order chi connectivity index (χ1) is 10.8. The van der Waals surface area contributed by atoms with Gasteiger partial charge in [0.1, 0.15) is 11.4 Å². The number of anilines is 1. The highest BCUT2D eigenvalue weighted by Gasteiger charge is 2.22. The second-order valence-corrected chi connectivity index (χ2v) is 6.05. The Morgan fingerprint density at radius 2 is 1.87 bits per heavy atom. The van der Waals surface area contributed by atoms with Gasteiger partial charge in [-0.1, -0.05) is 6.07 Å². The van der Waals surface area contributed by atoms with Crippen molar-refractivity contribution in [2.75, 3.05) is 11.8 Å². The zero-order valence-electron chi connectivity index (χ0n) is 11.7. The summed E-state index contributed by atoms with van der Waals surface area (Å²) in [6.45, 7) is 0. The Morgan fingerprint density at radius 3 is 2.43 bits per heavy atom. The Bertz CT molecular complexity index is 867. The molecule has 0 atom stereocenters. The number of methoxy groups -OCH3 is 1. The van der Waals surface area contributed by atoms with E-state index < -0.39 is 43.8 Å². The number of nitrogens with one attached hydrogen (secondary N) is 1. The zero-order chi connectivity index (χ0) is 17.2. The van der Waals surface area contributed by atoms with Gasteiger partial charge in [-0.2, -0.15) is 0 Å². The van der Waals surface area contributed by atoms with Gasteiger partial charge < -0.3 is 9.84 Å². The fraction of sp³-hybridized carbons (Fsp3) is 0.0714. The first-order valence-electron chi connectivity index (χ1n) is 6.14. The average molecular weight is 343 g/mol. The predicted octanol–water partition coefficient (Wildman–Crippen LogP) is 2.47. The van der Waals surface area contributed by atoms with Gasteiger partial charge >= 0.3 is 5.97 Å². The molecule has 0 fully saturated rings. The number of carboxylic acid groups (broad SMARTS) is 1. The number of ether oxygens (including phenoxy) is 1. The summed E-state index contributed by atoms with van der Waals surface area (Å²) in [5.41, 5.74) is -1.29. The van der Waals surface area contributed by atoms with Crippen molar-refractivity contribution in [2.24, 2.45) is 0 Å². The van der Waals surface area contributed by atoms with Gasteiger partial charge in [0.25, 0.3) is 10.0 Å². The highest BCUT2D eigenvalue weighted by Crippen LogP contribution is 2.25. The lowest BCUT2D eigenvalue weighted by Gasteiger charge is -2.11. The van der Waals surface area contributed by atoms with Crippen molar-refractivity contribution >= 4 is 21.7 Å². The van der Waals surface area contributed by atoms with E-state index in [1.165, 1.54) is 7.11 Å². The minimum atomic E-state index is -4.31. The molecule has 9 heteroatoms. The van der Waals surface area contributed by atoms with E-state index >= 15 is 0 Å². The number of carbonyl (C=O) groups is 1. The molecule has 0 unspecified atom stereocenters. The number of sulfonamides is 1. The third-order valence-electron chi connectivity index (χ3n) is 2.91. The summed E-state index contributed by atoms with van der Waals surface area (Å²) in [6.07, 6.45) is 0. The van der Waals surface area contributed by atoms with Gasteiger partial charge in [0.05, 0.1) is 17.7 Å². The molecule has 0 saturated carbocycles. The van der Waals surface area contributed by atoms with Crippen molar-refractivity contribution in [1.82, 2.24) is 0 Å². The Hall–Kier alpha value is -2.68. The molecule has 6 nitrogen and oxygen atoms in total. The van der Waals surface area contributed by atoms with Gasteiger partial charge in [0.15, 0.2) is 11.6 Å². The summed E-state index contributed by atoms with van der Waals surface area (Å²) in [7, 11) is -3.09. The Balaban J connectivity index is 2.45. The molecule has 0 bridgehead atoms. The molecular formula is C14H11F2NO5S. The smallest absolute Gasteiger partial charge is 0.340 e. The number of hydrogen-bond acceptors (Lipinski definition) is 4. The Labute approximate surface area is 130 Å². The van der Waals surface area contributed by atoms with E-state index in [9.17, 15) is 22.0 Å². The number of carboxylic acids is 1. The van der Waals surface area contributed by atoms with E-state index in [1.54, 1.807) is 0 Å². The van der Waals surface area contributed by atoms with Gasteiger partial charge in [-0.15, -0.1) is 0 Å². The van der Waals surface area contributed by atoms with Crippen LogP contribution in [0.4, 0.5) is 14.5 Å². The second-order valence-electron chi connectivity index (χ2n) is 4.37. The minimum absolute atomic E-state index is 0.152. The monoisotopic (exact) mass is 343 g/mol. The van der Waals surface area contributed by atoms with E-state index in [0.717, 1.165) is 30.3 Å². The van der Waals surface area contributed by atoms with Crippen LogP contribution in [0.5, 0.6) is 5.75 Å². The standard InChI is InChI=1S/C14H11F2NO5S/c1-22-12-6-5-8(7-10(12)16)23(20,21)17-11-4-2-3-9(15)13(11)14(18)19/h2-7,17H,1H3,(H,18,19). The van der Waals surface area contributed by atoms with Crippen molar-refractivity contribution in [3.63, 3.8) is 0 Å². The van der Waals surface area contributed by atoms with E-state index in [1.807, 2.05) is 4.72 Å². The predicted molar refractivity (Wildman–Crippen MR) is 77.1 cm³/mol. The number of aromatic carboxylic acids is 1. The summed E-state index contributed by atoms with van der Waals surface area (Å²) in [5, 5.41) is 8.97. The maximum Gasteiger partial charge on any atom is 0.340 e. The molecule has 0 heterocycles. The molecule has 0 aliphatic rings. The number of rotatable bonds is 5. The maximum atomic E-state index is 13.6. The van der Waals surface area contributed by atoms with Crippen LogP contribution in [-0.4, -0.2) is 26.6 Å². The minimum Gasteiger partial charge on any atom is -0.494 e. The summed E-state index contributed by atoms with van der Waals surface area (Å²) < 4.78 is 58.2. The molecule has 23 heavy (non-hydrogen) atoms. The fourth-order valence-electron chi connectivity index (χ4n) is 1.84. The third kappa shape index (κ3) is 3.39. The zero-order valence-corrected chi connectivity index (χ0v) is 12.5. The molecule has 0 aromatic heterocycles. The summed E-state index contributed by atoms with van der Waals surface area (Å²) in [4.78, 5) is 10.6. The van der Waals surface area contributed by atoms with Crippen LogP contribution in [0, 0.1) is 11.6 Å². The molecule has 2 N–H and O–H groups in total. The Morgan fingerprint density at radius 1 is 1.17 bits per heavy atom. The number of halogens is 2. The molecule has 0 aliphatic carbocycles. The van der Waals surface area contributed by atoms with Crippen LogP contribution >= 0.6 is 0 Å². The Kier molecular flexibility index (Phi) is 4.50. The second kappa shape index (κ2) is 6.21. The largest absolute Gasteiger partial charge is 0.494 e. The quantitative estimate of drug-likeness (QED) is 0.870. The van der Waals surface area contributed by atoms with Gasteiger partial charge in [0.2, 0.25) is 0 Å². The molecular weight excluding hydrogens is 332 g/mol. The topological polar surface area (TPSA) is 92.7 Å². The lowest BCUT2D eigenvalue weighted by molar-refractivity contribution is 0.0693. The molecule has 0 spiro atoms. The van der Waals surface area contributed by atoms with Crippen LogP contribution in [-0.2, 0) is 10.0 Å². The van der Waals surface area contributed by atoms with Crippen LogP contribution in [0.1, 0.15) is 10.4 Å². The number of hydrogen-bond donors (Lipinski definition) is 2. The van der Waals surface area contributed by atoms with E-state index in [4.69, 9.17) is 5.11 Å². The van der Waals surface area contributed by atoms with Crippen molar-refractivity contribution in [2.45, 2.75) is 4.90 Å². The van der Waals surface area contributed by atoms with Crippen molar-refractivity contribution in [1.29, 1.82) is 0 Å². The summed E-state index contributed by atoms with van der Waals surface area (Å²) in [5.74, 6) is -3.80. The molecule has 2 aromatic rings. The van der Waals surface area contributed by atoms with Crippen molar-refractivity contribution in [3.8, 4) is 5.75 Å². The fourth-order valence-corrected chi connectivity index (χ4v) is 2.93. The molecule has 0 amide bonds. The molecule has 0 aliphatic heterocycles. The van der Waals surface area contributed by atoms with Crippen molar-refractivity contribution in [3.05, 3.63) is 53.6 Å². The van der Waals surface area contributed by atoms with Gasteiger partial charge in [-0.3, -0.25) is 4.72 Å². The lowest BCUT2D eigenvalue weighted by Crippen LogP contribution is -2.16. The van der Waals surface area contributed by atoms with E-state index in [-0.39, 0.29) is 5.75 Å². The normalized spacial score (nSPS) is 11.1. The highest BCUT2D eigenvalue weighted by molar-refractivity contribution is 7.92. The van der Waals surface area contributed by atoms with E-state index in [0.29, 0.717) is 6.07 Å². The van der Waals surface area contributed by atoms with Crippen LogP contribution in [0.25, 0.3) is 0 Å². The van der Waals surface area contributed by atoms with Crippen LogP contribution in [0.2, 0.25) is 0 Å². The van der Waals surface area contributed by atoms with Gasteiger partial charge in [0, 0.05) is 0 Å². The highest BCUT2D eigenvalue weighted by atomic mass is 32.2. The van der Waals surface area contributed by atoms with E-state index in [2.05, 4.69) is 4.74 Å². The van der Waals surface area contributed by atoms with Crippen molar-refractivity contribution < 1.29 is 31.8 Å². The molecule has 2 rings (SSSR count). The molecule has 0 radical (unpaired) electrons. The average Bonchev–Trinajstić information content (AvgIpc) is 2.46. The van der Waals surface area contributed by atoms with Gasteiger partial charge in [-0.25, -0.2) is 22.0 Å². The van der Waals surface area contributed by atoms with Crippen LogP contribution in [0.3, 0.4) is 0 Å². The first kappa shape index (κ1) is 16.7. The van der Waals surface area contributed by atoms with Gasteiger partial charge in [-0.05, 0) is 30.3 Å². The molecule has 0 saturated heterocycles. The molecule has 2 aromatic carbocycles. The van der Waals surface area contributed by atoms with Crippen LogP contribution < -0.4 is 9.46 Å². The first-order valence-corrected chi connectivity index (χ1v) is 7.62. The SMILES string of the molecule is COc1ccc(S(=O)(=O)Nc2cccc(F)c2C(=O)O)cc1F. The number of benzene rings is 2. The lowest BCUT2D eigenvalue weighted by atomic mass is 10.2. The third-order valence-corrected chi connectivity index (χ3v) is 4.27. The van der Waals surface area contributed by atoms with Crippen LogP contribution in [0.15, 0.2) is 41.3 Å². The summed E-state index contributed by atoms with van der Waals surface area (Å²) in [6, 6.07) is 6.00. The summed E-state index contributed by atoms with van der Waals surface area (Å²) >= 11 is 0. The molecule has 122 valence electrons.